The first-order chi connectivity index (χ1) is 16.0. The van der Waals surface area contributed by atoms with Crippen LogP contribution in [0.4, 0.5) is 15.8 Å². The molecule has 1 saturated carbocycles. The van der Waals surface area contributed by atoms with Gasteiger partial charge in [-0.15, -0.1) is 10.2 Å². The monoisotopic (exact) mass is 469 g/mol. The van der Waals surface area contributed by atoms with E-state index < -0.39 is 10.2 Å². The molecule has 1 fully saturated rings. The van der Waals surface area contributed by atoms with E-state index in [0.29, 0.717) is 16.5 Å². The third-order valence-corrected chi connectivity index (χ3v) is 6.79. The van der Waals surface area contributed by atoms with E-state index in [0.717, 1.165) is 32.1 Å². The van der Waals surface area contributed by atoms with E-state index >= 15 is 0 Å². The number of hydrogen-bond acceptors (Lipinski definition) is 6. The molecule has 8 nitrogen and oxygen atoms in total. The Morgan fingerprint density at radius 2 is 1.85 bits per heavy atom. The van der Waals surface area contributed by atoms with Crippen molar-refractivity contribution in [2.45, 2.75) is 55.5 Å². The van der Waals surface area contributed by atoms with Crippen molar-refractivity contribution in [3.05, 3.63) is 64.5 Å². The average Bonchev–Trinajstić information content (AvgIpc) is 3.23. The largest absolute Gasteiger partial charge is 0.319 e. The number of rotatable bonds is 7. The van der Waals surface area contributed by atoms with Gasteiger partial charge in [-0.05, 0) is 38.0 Å². The Kier molecular flexibility index (Phi) is 7.02. The van der Waals surface area contributed by atoms with Crippen LogP contribution in [0.2, 0.25) is 0 Å². The van der Waals surface area contributed by atoms with Crippen LogP contribution in [-0.4, -0.2) is 30.8 Å². The minimum absolute atomic E-state index is 0.122. The summed E-state index contributed by atoms with van der Waals surface area (Å²) >= 11 is 1.21. The van der Waals surface area contributed by atoms with Crippen molar-refractivity contribution in [3.8, 4) is 11.4 Å². The van der Waals surface area contributed by atoms with Crippen LogP contribution >= 0.6 is 11.8 Å². The van der Waals surface area contributed by atoms with Gasteiger partial charge in [-0.2, -0.15) is 0 Å². The van der Waals surface area contributed by atoms with Gasteiger partial charge < -0.3 is 5.32 Å². The number of amides is 1. The number of nitro groups is 1. The molecule has 1 N–H and O–H groups in total. The molecular formula is C23H24FN5O3S. The minimum atomic E-state index is -0.607. The van der Waals surface area contributed by atoms with Crippen LogP contribution in [0, 0.1) is 15.9 Å². The Morgan fingerprint density at radius 3 is 2.58 bits per heavy atom. The van der Waals surface area contributed by atoms with Crippen LogP contribution < -0.4 is 5.32 Å². The number of anilines is 1. The van der Waals surface area contributed by atoms with Gasteiger partial charge in [0, 0.05) is 12.1 Å². The van der Waals surface area contributed by atoms with Crippen LogP contribution in [0.3, 0.4) is 0 Å². The number of nitrogens with zero attached hydrogens (tertiary/aromatic N) is 4. The Balaban J connectivity index is 1.60. The van der Waals surface area contributed by atoms with Crippen LogP contribution in [0.1, 0.15) is 45.1 Å². The molecule has 1 atom stereocenters. The van der Waals surface area contributed by atoms with Gasteiger partial charge in [-0.3, -0.25) is 19.5 Å². The van der Waals surface area contributed by atoms with E-state index in [2.05, 4.69) is 15.5 Å². The summed E-state index contributed by atoms with van der Waals surface area (Å²) in [5.74, 6) is -0.311. The maximum atomic E-state index is 14.6. The van der Waals surface area contributed by atoms with Gasteiger partial charge in [0.2, 0.25) is 5.91 Å². The number of carbonyl (C=O) groups excluding carboxylic acids is 1. The molecule has 1 heterocycles. The average molecular weight is 470 g/mol. The van der Waals surface area contributed by atoms with Gasteiger partial charge in [0.25, 0.3) is 5.69 Å². The van der Waals surface area contributed by atoms with Crippen molar-refractivity contribution >= 4 is 29.0 Å². The maximum Gasteiger partial charge on any atom is 0.292 e. The number of thioether (sulfide) groups is 1. The minimum Gasteiger partial charge on any atom is -0.319 e. The third-order valence-electron chi connectivity index (χ3n) is 5.73. The molecule has 0 aliphatic heterocycles. The van der Waals surface area contributed by atoms with Crippen LogP contribution in [0.25, 0.3) is 11.4 Å². The van der Waals surface area contributed by atoms with E-state index in [1.165, 1.54) is 30.0 Å². The van der Waals surface area contributed by atoms with Crippen LogP contribution in [0.5, 0.6) is 0 Å². The quantitative estimate of drug-likeness (QED) is 0.274. The topological polar surface area (TPSA) is 103 Å². The zero-order valence-corrected chi connectivity index (χ0v) is 18.9. The number of carbonyl (C=O) groups is 1. The third kappa shape index (κ3) is 5.05. The molecule has 172 valence electrons. The Bertz CT molecular complexity index is 1160. The Labute approximate surface area is 194 Å². The fourth-order valence-corrected chi connectivity index (χ4v) is 4.96. The number of benzene rings is 2. The summed E-state index contributed by atoms with van der Waals surface area (Å²) in [6, 6.07) is 12.6. The summed E-state index contributed by atoms with van der Waals surface area (Å²) in [4.78, 5) is 23.5. The second-order valence-corrected chi connectivity index (χ2v) is 9.28. The highest BCUT2D eigenvalue weighted by atomic mass is 32.2. The van der Waals surface area contributed by atoms with E-state index in [4.69, 9.17) is 0 Å². The lowest BCUT2D eigenvalue weighted by molar-refractivity contribution is -0.383. The normalized spacial score (nSPS) is 15.2. The fraction of sp³-hybridized carbons (Fsp3) is 0.348. The van der Waals surface area contributed by atoms with E-state index in [1.807, 2.05) is 4.57 Å². The number of nitro benzene ring substituents is 1. The number of nitrogens with one attached hydrogen (secondary N) is 1. The summed E-state index contributed by atoms with van der Waals surface area (Å²) in [7, 11) is 0. The number of halogens is 1. The molecule has 1 aliphatic rings. The van der Waals surface area contributed by atoms with E-state index in [-0.39, 0.29) is 29.1 Å². The molecule has 2 aromatic carbocycles. The van der Waals surface area contributed by atoms with Crippen molar-refractivity contribution in [2.75, 3.05) is 5.32 Å². The highest BCUT2D eigenvalue weighted by Crippen LogP contribution is 2.37. The molecular weight excluding hydrogens is 445 g/mol. The van der Waals surface area contributed by atoms with Crippen LogP contribution in [0.15, 0.2) is 53.7 Å². The van der Waals surface area contributed by atoms with Gasteiger partial charge in [-0.1, -0.05) is 55.3 Å². The molecule has 10 heteroatoms. The summed E-state index contributed by atoms with van der Waals surface area (Å²) < 4.78 is 16.5. The fourth-order valence-electron chi connectivity index (χ4n) is 4.04. The Hall–Kier alpha value is -3.27. The molecule has 1 amide bonds. The summed E-state index contributed by atoms with van der Waals surface area (Å²) in [6.45, 7) is 1.71. The molecule has 0 radical (unpaired) electrons. The summed E-state index contributed by atoms with van der Waals surface area (Å²) in [5.41, 5.74) is 0.343. The zero-order valence-electron chi connectivity index (χ0n) is 18.1. The molecule has 1 aliphatic carbocycles. The highest BCUT2D eigenvalue weighted by Gasteiger charge is 2.28. The first-order valence-electron chi connectivity index (χ1n) is 10.9. The first-order valence-corrected chi connectivity index (χ1v) is 11.7. The highest BCUT2D eigenvalue weighted by molar-refractivity contribution is 8.00. The van der Waals surface area contributed by atoms with Crippen molar-refractivity contribution in [3.63, 3.8) is 0 Å². The lowest BCUT2D eigenvalue weighted by atomic mass is 9.95. The van der Waals surface area contributed by atoms with Gasteiger partial charge in [0.15, 0.2) is 11.0 Å². The SMILES string of the molecule is CC(Sc1nnc(-c2ccccc2F)n1C1CCCCC1)C(=O)Nc1ccccc1[N+](=O)[O-]. The number of hydrogen-bond donors (Lipinski definition) is 1. The van der Waals surface area contributed by atoms with Crippen molar-refractivity contribution in [1.29, 1.82) is 0 Å². The second-order valence-electron chi connectivity index (χ2n) is 7.97. The predicted octanol–water partition coefficient (Wildman–Crippen LogP) is 5.62. The summed E-state index contributed by atoms with van der Waals surface area (Å²) in [5, 5.41) is 22.4. The van der Waals surface area contributed by atoms with Crippen molar-refractivity contribution in [1.82, 2.24) is 14.8 Å². The smallest absolute Gasteiger partial charge is 0.292 e. The van der Waals surface area contributed by atoms with E-state index in [1.54, 1.807) is 37.3 Å². The first kappa shape index (κ1) is 22.9. The standard InChI is InChI=1S/C23H24FN5O3S/c1-15(22(30)25-19-13-7-8-14-20(19)29(31)32)33-23-27-26-21(17-11-5-6-12-18(17)24)28(23)16-9-3-2-4-10-16/h5-8,11-16H,2-4,9-10H2,1H3,(H,25,30). The second kappa shape index (κ2) is 10.1. The van der Waals surface area contributed by atoms with E-state index in [9.17, 15) is 19.3 Å². The van der Waals surface area contributed by atoms with Gasteiger partial charge in [0.05, 0.1) is 15.7 Å². The number of aromatic nitrogens is 3. The molecule has 0 spiro atoms. The molecule has 33 heavy (non-hydrogen) atoms. The zero-order chi connectivity index (χ0) is 23.4. The summed E-state index contributed by atoms with van der Waals surface area (Å²) in [6.07, 6.45) is 5.16. The van der Waals surface area contributed by atoms with Gasteiger partial charge >= 0.3 is 0 Å². The van der Waals surface area contributed by atoms with Crippen molar-refractivity contribution < 1.29 is 14.1 Å². The molecule has 3 aromatic rings. The lowest BCUT2D eigenvalue weighted by Crippen LogP contribution is -2.24. The maximum absolute atomic E-state index is 14.6. The molecule has 0 bridgehead atoms. The Morgan fingerprint density at radius 1 is 1.15 bits per heavy atom. The van der Waals surface area contributed by atoms with Gasteiger partial charge in [0.1, 0.15) is 11.5 Å². The molecule has 1 aromatic heterocycles. The molecule has 1 unspecified atom stereocenters. The number of para-hydroxylation sites is 2. The molecule has 0 saturated heterocycles. The predicted molar refractivity (Wildman–Crippen MR) is 125 cm³/mol. The van der Waals surface area contributed by atoms with Crippen LogP contribution in [-0.2, 0) is 4.79 Å². The van der Waals surface area contributed by atoms with Crippen molar-refractivity contribution in [2.24, 2.45) is 0 Å². The lowest BCUT2D eigenvalue weighted by Gasteiger charge is -2.26. The van der Waals surface area contributed by atoms with Gasteiger partial charge in [-0.25, -0.2) is 4.39 Å². The molecule has 4 rings (SSSR count).